The molecule has 1 saturated carbocycles. The van der Waals surface area contributed by atoms with Crippen molar-refractivity contribution in [3.8, 4) is 0 Å². The molecule has 1 aliphatic carbocycles. The molecule has 19 heavy (non-hydrogen) atoms. The maximum Gasteiger partial charge on any atom is 0.0484 e. The van der Waals surface area contributed by atoms with Crippen LogP contribution in [0.15, 0.2) is 24.3 Å². The third-order valence-corrected chi connectivity index (χ3v) is 4.12. The fraction of sp³-hybridized carbons (Fsp3) is 0.647. The minimum Gasteiger partial charge on any atom is -0.382 e. The van der Waals surface area contributed by atoms with E-state index in [2.05, 4.69) is 43.4 Å². The van der Waals surface area contributed by atoms with Crippen LogP contribution in [-0.4, -0.2) is 19.8 Å². The zero-order valence-corrected chi connectivity index (χ0v) is 12.3. The van der Waals surface area contributed by atoms with Gasteiger partial charge in [0.2, 0.25) is 0 Å². The highest BCUT2D eigenvalue weighted by Gasteiger charge is 2.24. The average molecular weight is 261 g/mol. The van der Waals surface area contributed by atoms with Gasteiger partial charge in [-0.3, -0.25) is 0 Å². The Balaban J connectivity index is 2.10. The van der Waals surface area contributed by atoms with Crippen molar-refractivity contribution >= 4 is 0 Å². The number of benzene rings is 1. The minimum atomic E-state index is 0.438. The van der Waals surface area contributed by atoms with Crippen LogP contribution in [-0.2, 0) is 4.74 Å². The monoisotopic (exact) mass is 261 g/mol. The summed E-state index contributed by atoms with van der Waals surface area (Å²) in [7, 11) is 0. The van der Waals surface area contributed by atoms with Crippen molar-refractivity contribution in [1.29, 1.82) is 0 Å². The summed E-state index contributed by atoms with van der Waals surface area (Å²) in [5, 5.41) is 3.62. The van der Waals surface area contributed by atoms with Gasteiger partial charge in [0.1, 0.15) is 0 Å². The van der Waals surface area contributed by atoms with Crippen LogP contribution in [0.2, 0.25) is 0 Å². The van der Waals surface area contributed by atoms with Gasteiger partial charge in [0.15, 0.2) is 0 Å². The Morgan fingerprint density at radius 1 is 1.26 bits per heavy atom. The first-order valence-corrected chi connectivity index (χ1v) is 7.76. The fourth-order valence-corrected chi connectivity index (χ4v) is 2.88. The molecule has 2 nitrogen and oxygen atoms in total. The van der Waals surface area contributed by atoms with Gasteiger partial charge in [-0.2, -0.15) is 0 Å². The number of nitrogens with one attached hydrogen (secondary N) is 1. The van der Waals surface area contributed by atoms with Crippen molar-refractivity contribution in [2.45, 2.75) is 51.5 Å². The molecule has 1 fully saturated rings. The van der Waals surface area contributed by atoms with Crippen molar-refractivity contribution in [3.63, 3.8) is 0 Å². The van der Waals surface area contributed by atoms with E-state index < -0.39 is 0 Å². The minimum absolute atomic E-state index is 0.438. The SMILES string of the molecule is CCNC(CCOCC)c1ccccc1C1CCC1. The third kappa shape index (κ3) is 3.80. The molecule has 1 aromatic rings. The molecular weight excluding hydrogens is 234 g/mol. The van der Waals surface area contributed by atoms with E-state index >= 15 is 0 Å². The molecule has 0 heterocycles. The van der Waals surface area contributed by atoms with Crippen LogP contribution in [0.4, 0.5) is 0 Å². The highest BCUT2D eigenvalue weighted by atomic mass is 16.5. The van der Waals surface area contributed by atoms with Crippen molar-refractivity contribution in [3.05, 3.63) is 35.4 Å². The summed E-state index contributed by atoms with van der Waals surface area (Å²) in [5.41, 5.74) is 3.06. The third-order valence-electron chi connectivity index (χ3n) is 4.12. The van der Waals surface area contributed by atoms with E-state index in [-0.39, 0.29) is 0 Å². The van der Waals surface area contributed by atoms with Gasteiger partial charge in [0.25, 0.3) is 0 Å². The standard InChI is InChI=1S/C17H27NO/c1-3-18-17(12-13-19-4-2)16-11-6-5-10-15(16)14-8-7-9-14/h5-6,10-11,14,17-18H,3-4,7-9,12-13H2,1-2H3. The van der Waals surface area contributed by atoms with E-state index in [4.69, 9.17) is 4.74 Å². The fourth-order valence-electron chi connectivity index (χ4n) is 2.88. The molecular formula is C17H27NO. The highest BCUT2D eigenvalue weighted by Crippen LogP contribution is 2.39. The van der Waals surface area contributed by atoms with Gasteiger partial charge in [-0.1, -0.05) is 37.6 Å². The molecule has 1 aliphatic rings. The lowest BCUT2D eigenvalue weighted by atomic mass is 9.77. The lowest BCUT2D eigenvalue weighted by molar-refractivity contribution is 0.136. The number of hydrogen-bond acceptors (Lipinski definition) is 2. The van der Waals surface area contributed by atoms with Crippen molar-refractivity contribution in [2.24, 2.45) is 0 Å². The molecule has 1 atom stereocenters. The first-order valence-electron chi connectivity index (χ1n) is 7.76. The highest BCUT2D eigenvalue weighted by molar-refractivity contribution is 5.34. The van der Waals surface area contributed by atoms with Crippen molar-refractivity contribution < 1.29 is 4.74 Å². The second-order valence-corrected chi connectivity index (χ2v) is 5.35. The molecule has 0 radical (unpaired) electrons. The topological polar surface area (TPSA) is 21.3 Å². The summed E-state index contributed by atoms with van der Waals surface area (Å²) in [6.07, 6.45) is 5.18. The molecule has 0 bridgehead atoms. The second kappa shape index (κ2) is 7.66. The van der Waals surface area contributed by atoms with Crippen LogP contribution >= 0.6 is 0 Å². The Morgan fingerprint density at radius 3 is 2.68 bits per heavy atom. The van der Waals surface area contributed by atoms with Crippen LogP contribution in [0.1, 0.15) is 62.6 Å². The van der Waals surface area contributed by atoms with E-state index in [0.717, 1.165) is 32.1 Å². The van der Waals surface area contributed by atoms with E-state index in [1.165, 1.54) is 24.8 Å². The first-order chi connectivity index (χ1) is 9.36. The molecule has 2 rings (SSSR count). The quantitative estimate of drug-likeness (QED) is 0.713. The van der Waals surface area contributed by atoms with Gasteiger partial charge >= 0.3 is 0 Å². The van der Waals surface area contributed by atoms with Crippen LogP contribution in [0.3, 0.4) is 0 Å². The molecule has 1 aromatic carbocycles. The summed E-state index contributed by atoms with van der Waals surface area (Å²) in [5.74, 6) is 0.796. The molecule has 1 unspecified atom stereocenters. The second-order valence-electron chi connectivity index (χ2n) is 5.35. The van der Waals surface area contributed by atoms with E-state index in [1.54, 1.807) is 5.56 Å². The van der Waals surface area contributed by atoms with Gasteiger partial charge < -0.3 is 10.1 Å². The summed E-state index contributed by atoms with van der Waals surface area (Å²) in [6.45, 7) is 6.90. The predicted octanol–water partition coefficient (Wildman–Crippen LogP) is 4.03. The normalized spacial score (nSPS) is 17.2. The van der Waals surface area contributed by atoms with Crippen molar-refractivity contribution in [1.82, 2.24) is 5.32 Å². The van der Waals surface area contributed by atoms with E-state index in [0.29, 0.717) is 6.04 Å². The van der Waals surface area contributed by atoms with Crippen LogP contribution in [0.5, 0.6) is 0 Å². The summed E-state index contributed by atoms with van der Waals surface area (Å²) in [4.78, 5) is 0. The Morgan fingerprint density at radius 2 is 2.05 bits per heavy atom. The number of ether oxygens (including phenoxy) is 1. The molecule has 0 aliphatic heterocycles. The number of hydrogen-bond donors (Lipinski definition) is 1. The maximum absolute atomic E-state index is 5.53. The number of rotatable bonds is 8. The lowest BCUT2D eigenvalue weighted by Crippen LogP contribution is -2.25. The molecule has 2 heteroatoms. The molecule has 0 aromatic heterocycles. The van der Waals surface area contributed by atoms with Gasteiger partial charge in [0, 0.05) is 19.3 Å². The summed E-state index contributed by atoms with van der Waals surface area (Å²) >= 11 is 0. The van der Waals surface area contributed by atoms with Gasteiger partial charge in [-0.25, -0.2) is 0 Å². The molecule has 0 saturated heterocycles. The van der Waals surface area contributed by atoms with Gasteiger partial charge in [-0.05, 0) is 49.8 Å². The Kier molecular flexibility index (Phi) is 5.87. The van der Waals surface area contributed by atoms with E-state index in [9.17, 15) is 0 Å². The van der Waals surface area contributed by atoms with Crippen LogP contribution in [0.25, 0.3) is 0 Å². The molecule has 0 spiro atoms. The van der Waals surface area contributed by atoms with Gasteiger partial charge in [-0.15, -0.1) is 0 Å². The van der Waals surface area contributed by atoms with Crippen molar-refractivity contribution in [2.75, 3.05) is 19.8 Å². The largest absolute Gasteiger partial charge is 0.382 e. The smallest absolute Gasteiger partial charge is 0.0484 e. The Labute approximate surface area is 117 Å². The molecule has 106 valence electrons. The van der Waals surface area contributed by atoms with Crippen LogP contribution in [0, 0.1) is 0 Å². The summed E-state index contributed by atoms with van der Waals surface area (Å²) < 4.78 is 5.53. The Bertz CT molecular complexity index is 373. The zero-order valence-electron chi connectivity index (χ0n) is 12.3. The first kappa shape index (κ1) is 14.5. The van der Waals surface area contributed by atoms with Crippen LogP contribution < -0.4 is 5.32 Å². The average Bonchev–Trinajstić information content (AvgIpc) is 2.37. The predicted molar refractivity (Wildman–Crippen MR) is 80.6 cm³/mol. The maximum atomic E-state index is 5.53. The molecule has 0 amide bonds. The molecule has 1 N–H and O–H groups in total. The summed E-state index contributed by atoms with van der Waals surface area (Å²) in [6, 6.07) is 9.41. The lowest BCUT2D eigenvalue weighted by Gasteiger charge is -2.30. The van der Waals surface area contributed by atoms with Gasteiger partial charge in [0.05, 0.1) is 0 Å². The Hall–Kier alpha value is -0.860. The van der Waals surface area contributed by atoms with E-state index in [1.807, 2.05) is 0 Å². The zero-order chi connectivity index (χ0) is 13.5.